The second-order valence-corrected chi connectivity index (χ2v) is 5.31. The fourth-order valence-corrected chi connectivity index (χ4v) is 2.28. The minimum Gasteiger partial charge on any atom is -0.316 e. The first-order chi connectivity index (χ1) is 3.79. The molecule has 8 heavy (non-hydrogen) atoms. The zero-order chi connectivity index (χ0) is 5.98. The first-order valence-electron chi connectivity index (χ1n) is 3.14. The first-order valence-corrected chi connectivity index (χ1v) is 5.56. The van der Waals surface area contributed by atoms with Gasteiger partial charge in [-0.2, -0.15) is 0 Å². The average molecular weight is 131 g/mol. The van der Waals surface area contributed by atoms with E-state index >= 15 is 0 Å². The second-order valence-electron chi connectivity index (χ2n) is 2.79. The van der Waals surface area contributed by atoms with Crippen molar-refractivity contribution in [2.24, 2.45) is 5.92 Å². The van der Waals surface area contributed by atoms with Gasteiger partial charge in [0.2, 0.25) is 0 Å². The standard InChI is InChI=1S/C6H14NP/c1-8(2)5-6-3-7-4-6/h6-7H,3-5H2,1-2H3. The lowest BCUT2D eigenvalue weighted by Crippen LogP contribution is -2.43. The third-order valence-corrected chi connectivity index (χ3v) is 2.74. The van der Waals surface area contributed by atoms with Crippen molar-refractivity contribution in [3.8, 4) is 0 Å². The Labute approximate surface area is 52.6 Å². The Hall–Kier alpha value is 0.390. The van der Waals surface area contributed by atoms with Crippen molar-refractivity contribution in [3.63, 3.8) is 0 Å². The SMILES string of the molecule is CP(C)CC1CNC1. The summed E-state index contributed by atoms with van der Waals surface area (Å²) in [6.45, 7) is 7.27. The highest BCUT2D eigenvalue weighted by Gasteiger charge is 2.16. The molecule has 2 heteroatoms. The Morgan fingerprint density at radius 3 is 2.25 bits per heavy atom. The smallest absolute Gasteiger partial charge is 0.000487 e. The van der Waals surface area contributed by atoms with Gasteiger partial charge in [-0.05, 0) is 38.5 Å². The Bertz CT molecular complexity index is 68.9. The normalized spacial score (nSPS) is 21.4. The maximum absolute atomic E-state index is 3.28. The van der Waals surface area contributed by atoms with Gasteiger partial charge in [0.1, 0.15) is 0 Å². The van der Waals surface area contributed by atoms with E-state index in [-0.39, 0.29) is 0 Å². The van der Waals surface area contributed by atoms with Crippen LogP contribution in [0.5, 0.6) is 0 Å². The molecule has 1 heterocycles. The van der Waals surface area contributed by atoms with E-state index in [1.807, 2.05) is 0 Å². The van der Waals surface area contributed by atoms with Crippen molar-refractivity contribution in [1.29, 1.82) is 0 Å². The predicted octanol–water partition coefficient (Wildman–Crippen LogP) is 0.947. The third-order valence-electron chi connectivity index (χ3n) is 1.49. The molecule has 1 rings (SSSR count). The van der Waals surface area contributed by atoms with Crippen molar-refractivity contribution in [3.05, 3.63) is 0 Å². The van der Waals surface area contributed by atoms with Gasteiger partial charge in [0.05, 0.1) is 0 Å². The van der Waals surface area contributed by atoms with Crippen molar-refractivity contribution < 1.29 is 0 Å². The zero-order valence-electron chi connectivity index (χ0n) is 5.65. The van der Waals surface area contributed by atoms with Gasteiger partial charge in [-0.15, -0.1) is 7.92 Å². The van der Waals surface area contributed by atoms with Crippen LogP contribution in [0.4, 0.5) is 0 Å². The van der Waals surface area contributed by atoms with Crippen LogP contribution in [0.15, 0.2) is 0 Å². The Balaban J connectivity index is 2.01. The molecule has 0 spiro atoms. The monoisotopic (exact) mass is 131 g/mol. The van der Waals surface area contributed by atoms with E-state index in [9.17, 15) is 0 Å². The van der Waals surface area contributed by atoms with Gasteiger partial charge in [0, 0.05) is 0 Å². The molecular formula is C6H14NP. The van der Waals surface area contributed by atoms with Gasteiger partial charge >= 0.3 is 0 Å². The topological polar surface area (TPSA) is 12.0 Å². The minimum atomic E-state index is 0.366. The van der Waals surface area contributed by atoms with Gasteiger partial charge in [0.25, 0.3) is 0 Å². The summed E-state index contributed by atoms with van der Waals surface area (Å²) in [6.07, 6.45) is 1.47. The summed E-state index contributed by atoms with van der Waals surface area (Å²) in [5.41, 5.74) is 0. The highest BCUT2D eigenvalue weighted by Crippen LogP contribution is 2.28. The molecule has 0 aliphatic carbocycles. The molecule has 1 aliphatic heterocycles. The highest BCUT2D eigenvalue weighted by atomic mass is 31.1. The third kappa shape index (κ3) is 1.72. The molecular weight excluding hydrogens is 117 g/mol. The summed E-state index contributed by atoms with van der Waals surface area (Å²) in [6, 6.07) is 0. The second kappa shape index (κ2) is 2.80. The molecule has 0 bridgehead atoms. The molecule has 0 aromatic rings. The van der Waals surface area contributed by atoms with Crippen LogP contribution in [-0.2, 0) is 0 Å². The lowest BCUT2D eigenvalue weighted by molar-refractivity contribution is 0.383. The van der Waals surface area contributed by atoms with Crippen LogP contribution in [0.3, 0.4) is 0 Å². The van der Waals surface area contributed by atoms with E-state index in [0.717, 1.165) is 5.92 Å². The molecule has 0 atom stereocenters. The molecule has 1 fully saturated rings. The highest BCUT2D eigenvalue weighted by molar-refractivity contribution is 7.55. The molecule has 1 N–H and O–H groups in total. The van der Waals surface area contributed by atoms with Crippen molar-refractivity contribution >= 4 is 7.92 Å². The quantitative estimate of drug-likeness (QED) is 0.550. The molecule has 0 saturated carbocycles. The van der Waals surface area contributed by atoms with Gasteiger partial charge in [-0.1, -0.05) is 0 Å². The molecule has 0 aromatic carbocycles. The predicted molar refractivity (Wildman–Crippen MR) is 40.0 cm³/mol. The number of hydrogen-bond donors (Lipinski definition) is 1. The molecule has 1 nitrogen and oxygen atoms in total. The molecule has 0 amide bonds. The van der Waals surface area contributed by atoms with Gasteiger partial charge in [-0.3, -0.25) is 0 Å². The van der Waals surface area contributed by atoms with Crippen molar-refractivity contribution in [1.82, 2.24) is 5.32 Å². The van der Waals surface area contributed by atoms with Gasteiger partial charge in [-0.25, -0.2) is 0 Å². The molecule has 1 saturated heterocycles. The maximum Gasteiger partial charge on any atom is -0.000487 e. The molecule has 0 unspecified atom stereocenters. The summed E-state index contributed by atoms with van der Waals surface area (Å²) in [4.78, 5) is 0. The van der Waals surface area contributed by atoms with Crippen molar-refractivity contribution in [2.75, 3.05) is 32.6 Å². The summed E-state index contributed by atoms with van der Waals surface area (Å²) < 4.78 is 0. The van der Waals surface area contributed by atoms with Crippen LogP contribution < -0.4 is 5.32 Å². The van der Waals surface area contributed by atoms with E-state index in [4.69, 9.17) is 0 Å². The number of hydrogen-bond acceptors (Lipinski definition) is 1. The number of rotatable bonds is 2. The maximum atomic E-state index is 3.28. The minimum absolute atomic E-state index is 0.366. The Morgan fingerprint density at radius 2 is 2.12 bits per heavy atom. The first kappa shape index (κ1) is 6.51. The van der Waals surface area contributed by atoms with E-state index in [0.29, 0.717) is 7.92 Å². The largest absolute Gasteiger partial charge is 0.316 e. The zero-order valence-corrected chi connectivity index (χ0v) is 6.54. The van der Waals surface area contributed by atoms with E-state index in [1.54, 1.807) is 0 Å². The molecule has 0 aromatic heterocycles. The van der Waals surface area contributed by atoms with Crippen LogP contribution in [0.2, 0.25) is 0 Å². The fraction of sp³-hybridized carbons (Fsp3) is 1.00. The summed E-state index contributed by atoms with van der Waals surface area (Å²) in [7, 11) is 0.366. The van der Waals surface area contributed by atoms with Crippen LogP contribution in [0.1, 0.15) is 0 Å². The van der Waals surface area contributed by atoms with E-state index in [2.05, 4.69) is 18.6 Å². The molecule has 1 aliphatic rings. The summed E-state index contributed by atoms with van der Waals surface area (Å²) >= 11 is 0. The van der Waals surface area contributed by atoms with Gasteiger partial charge < -0.3 is 5.32 Å². The van der Waals surface area contributed by atoms with E-state index in [1.165, 1.54) is 19.3 Å². The van der Waals surface area contributed by atoms with Crippen molar-refractivity contribution in [2.45, 2.75) is 0 Å². The number of nitrogens with one attached hydrogen (secondary N) is 1. The Kier molecular flexibility index (Phi) is 2.27. The lowest BCUT2D eigenvalue weighted by Gasteiger charge is -2.28. The van der Waals surface area contributed by atoms with Crippen LogP contribution >= 0.6 is 7.92 Å². The average Bonchev–Trinajstić information content (AvgIpc) is 1.55. The van der Waals surface area contributed by atoms with Crippen LogP contribution in [0, 0.1) is 5.92 Å². The summed E-state index contributed by atoms with van der Waals surface area (Å²) in [5.74, 6) is 1.02. The summed E-state index contributed by atoms with van der Waals surface area (Å²) in [5, 5.41) is 3.28. The van der Waals surface area contributed by atoms with E-state index < -0.39 is 0 Å². The van der Waals surface area contributed by atoms with Crippen LogP contribution in [-0.4, -0.2) is 32.6 Å². The van der Waals surface area contributed by atoms with Crippen LogP contribution in [0.25, 0.3) is 0 Å². The Morgan fingerprint density at radius 1 is 1.50 bits per heavy atom. The fourth-order valence-electron chi connectivity index (χ4n) is 0.994. The molecule has 48 valence electrons. The molecule has 0 radical (unpaired) electrons. The lowest BCUT2D eigenvalue weighted by atomic mass is 10.1. The van der Waals surface area contributed by atoms with Gasteiger partial charge in [0.15, 0.2) is 0 Å².